The molecule has 0 saturated heterocycles. The summed E-state index contributed by atoms with van der Waals surface area (Å²) in [6.45, 7) is 0.261. The highest BCUT2D eigenvalue weighted by Crippen LogP contribution is 2.30. The summed E-state index contributed by atoms with van der Waals surface area (Å²) in [6.07, 6.45) is 1.43. The first-order valence-electron chi connectivity index (χ1n) is 7.38. The van der Waals surface area contributed by atoms with Gasteiger partial charge in [-0.2, -0.15) is 8.78 Å². The summed E-state index contributed by atoms with van der Waals surface area (Å²) in [6, 6.07) is 5.38. The van der Waals surface area contributed by atoms with Crippen LogP contribution in [0.25, 0.3) is 10.9 Å². The lowest BCUT2D eigenvalue weighted by Gasteiger charge is -2.21. The van der Waals surface area contributed by atoms with Crippen molar-refractivity contribution in [1.29, 1.82) is 0 Å². The molecule has 0 fully saturated rings. The number of nitrogens with zero attached hydrogens (tertiary/aromatic N) is 1. The number of carbonyl (C=O) groups excluding carboxylic acids is 2. The molecule has 3 amide bonds. The molecule has 0 saturated carbocycles. The number of hydrogen-bond donors (Lipinski definition) is 3. The average molecular weight is 352 g/mol. The zero-order valence-corrected chi connectivity index (χ0v) is 13.7. The number of alkyl halides is 2. The zero-order chi connectivity index (χ0) is 18.6. The van der Waals surface area contributed by atoms with Crippen LogP contribution < -0.4 is 21.1 Å². The number of aromatic nitrogens is 1. The maximum Gasteiger partial charge on any atom is 0.387 e. The second-order valence-corrected chi connectivity index (χ2v) is 5.95. The molecule has 0 bridgehead atoms. The number of amides is 3. The first-order valence-corrected chi connectivity index (χ1v) is 7.38. The third kappa shape index (κ3) is 4.52. The van der Waals surface area contributed by atoms with Crippen molar-refractivity contribution in [1.82, 2.24) is 10.3 Å². The third-order valence-corrected chi connectivity index (χ3v) is 3.55. The Balaban J connectivity index is 2.19. The number of primary amides is 1. The molecule has 0 aliphatic rings. The highest BCUT2D eigenvalue weighted by molar-refractivity contribution is 6.02. The van der Waals surface area contributed by atoms with Crippen molar-refractivity contribution in [3.63, 3.8) is 0 Å². The fraction of sp³-hybridized carbons (Fsp3) is 0.312. The van der Waals surface area contributed by atoms with Gasteiger partial charge in [0.1, 0.15) is 5.52 Å². The van der Waals surface area contributed by atoms with Crippen LogP contribution >= 0.6 is 0 Å². The lowest BCUT2D eigenvalue weighted by molar-refractivity contribution is -0.125. The second kappa shape index (κ2) is 7.29. The Morgan fingerprint density at radius 2 is 2.04 bits per heavy atom. The molecule has 7 nitrogen and oxygen atoms in total. The van der Waals surface area contributed by atoms with Crippen LogP contribution in [-0.2, 0) is 4.79 Å². The Morgan fingerprint density at radius 3 is 2.68 bits per heavy atom. The standard InChI is InChI=1S/C16H18F2N4O3/c1-16(2,13(19)23)8-21-15(24)22-10-5-6-11(25-14(17)18)12-9(10)4-3-7-20-12/h3-7,14H,8H2,1-2H3,(H2,19,23)(H2,21,22,24). The monoisotopic (exact) mass is 352 g/mol. The van der Waals surface area contributed by atoms with Crippen molar-refractivity contribution >= 4 is 28.5 Å². The normalized spacial score (nSPS) is 11.4. The van der Waals surface area contributed by atoms with E-state index in [9.17, 15) is 18.4 Å². The van der Waals surface area contributed by atoms with E-state index < -0.39 is 24.0 Å². The summed E-state index contributed by atoms with van der Waals surface area (Å²) < 4.78 is 29.4. The van der Waals surface area contributed by atoms with Gasteiger partial charge in [0.2, 0.25) is 5.91 Å². The van der Waals surface area contributed by atoms with E-state index in [1.165, 1.54) is 18.3 Å². The fourth-order valence-electron chi connectivity index (χ4n) is 2.00. The first kappa shape index (κ1) is 18.4. The van der Waals surface area contributed by atoms with E-state index in [1.54, 1.807) is 26.0 Å². The molecule has 0 radical (unpaired) electrons. The second-order valence-electron chi connectivity index (χ2n) is 5.95. The number of urea groups is 1. The van der Waals surface area contributed by atoms with Gasteiger partial charge in [-0.05, 0) is 38.1 Å². The van der Waals surface area contributed by atoms with E-state index in [4.69, 9.17) is 5.73 Å². The molecule has 0 aliphatic carbocycles. The Labute approximate surface area is 142 Å². The number of nitrogens with one attached hydrogen (secondary N) is 2. The van der Waals surface area contributed by atoms with Gasteiger partial charge < -0.3 is 21.1 Å². The van der Waals surface area contributed by atoms with Crippen LogP contribution in [0.5, 0.6) is 5.75 Å². The van der Waals surface area contributed by atoms with E-state index in [-0.39, 0.29) is 17.8 Å². The number of halogens is 2. The van der Waals surface area contributed by atoms with Crippen molar-refractivity contribution in [3.8, 4) is 5.75 Å². The molecular formula is C16H18F2N4O3. The largest absolute Gasteiger partial charge is 0.432 e. The summed E-state index contributed by atoms with van der Waals surface area (Å²) in [5.41, 5.74) is 4.89. The molecule has 0 spiro atoms. The molecule has 134 valence electrons. The minimum Gasteiger partial charge on any atom is -0.432 e. The van der Waals surface area contributed by atoms with Crippen LogP contribution in [0, 0.1) is 5.41 Å². The minimum atomic E-state index is -2.98. The summed E-state index contributed by atoms with van der Waals surface area (Å²) in [7, 11) is 0. The Hall–Kier alpha value is -2.97. The quantitative estimate of drug-likeness (QED) is 0.742. The number of ether oxygens (including phenoxy) is 1. The number of pyridine rings is 1. The SMILES string of the molecule is CC(C)(CNC(=O)Nc1ccc(OC(F)F)c2ncccc12)C(N)=O. The minimum absolute atomic E-state index is 0.0386. The molecule has 1 aromatic heterocycles. The number of rotatable bonds is 6. The summed E-state index contributed by atoms with van der Waals surface area (Å²) in [5, 5.41) is 5.57. The Morgan fingerprint density at radius 1 is 1.32 bits per heavy atom. The van der Waals surface area contributed by atoms with Crippen molar-refractivity contribution in [2.75, 3.05) is 11.9 Å². The lowest BCUT2D eigenvalue weighted by atomic mass is 9.93. The Bertz CT molecular complexity index is 796. The maximum atomic E-state index is 12.5. The van der Waals surface area contributed by atoms with E-state index in [1.807, 2.05) is 0 Å². The molecule has 1 aromatic carbocycles. The van der Waals surface area contributed by atoms with Crippen LogP contribution in [-0.4, -0.2) is 30.1 Å². The van der Waals surface area contributed by atoms with Crippen molar-refractivity contribution in [2.45, 2.75) is 20.5 Å². The topological polar surface area (TPSA) is 106 Å². The summed E-state index contributed by atoms with van der Waals surface area (Å²) in [5.74, 6) is -0.637. The number of anilines is 1. The average Bonchev–Trinajstić information content (AvgIpc) is 2.55. The van der Waals surface area contributed by atoms with Crippen molar-refractivity contribution < 1.29 is 23.1 Å². The van der Waals surface area contributed by atoms with Gasteiger partial charge in [0, 0.05) is 18.1 Å². The molecule has 9 heteroatoms. The third-order valence-electron chi connectivity index (χ3n) is 3.55. The summed E-state index contributed by atoms with van der Waals surface area (Å²) in [4.78, 5) is 27.3. The van der Waals surface area contributed by atoms with Gasteiger partial charge in [0.25, 0.3) is 0 Å². The van der Waals surface area contributed by atoms with E-state index >= 15 is 0 Å². The van der Waals surface area contributed by atoms with Crippen LogP contribution in [0.4, 0.5) is 19.3 Å². The van der Waals surface area contributed by atoms with Crippen molar-refractivity contribution in [2.24, 2.45) is 11.1 Å². The predicted molar refractivity (Wildman–Crippen MR) is 88.4 cm³/mol. The fourth-order valence-corrected chi connectivity index (χ4v) is 2.00. The predicted octanol–water partition coefficient (Wildman–Crippen LogP) is 2.47. The van der Waals surface area contributed by atoms with Crippen LogP contribution in [0.3, 0.4) is 0 Å². The van der Waals surface area contributed by atoms with Gasteiger partial charge in [-0.15, -0.1) is 0 Å². The van der Waals surface area contributed by atoms with Gasteiger partial charge in [-0.25, -0.2) is 4.79 Å². The van der Waals surface area contributed by atoms with Crippen LogP contribution in [0.15, 0.2) is 30.5 Å². The smallest absolute Gasteiger partial charge is 0.387 e. The lowest BCUT2D eigenvalue weighted by Crippen LogP contribution is -2.43. The maximum absolute atomic E-state index is 12.5. The number of fused-ring (bicyclic) bond motifs is 1. The van der Waals surface area contributed by atoms with E-state index in [2.05, 4.69) is 20.4 Å². The molecule has 1 heterocycles. The van der Waals surface area contributed by atoms with Gasteiger partial charge in [0.15, 0.2) is 5.75 Å². The Kier molecular flexibility index (Phi) is 5.35. The zero-order valence-electron chi connectivity index (χ0n) is 13.7. The first-order chi connectivity index (χ1) is 11.7. The van der Waals surface area contributed by atoms with Gasteiger partial charge in [0.05, 0.1) is 11.1 Å². The molecule has 0 atom stereocenters. The molecule has 2 aromatic rings. The summed E-state index contributed by atoms with van der Waals surface area (Å²) >= 11 is 0. The van der Waals surface area contributed by atoms with E-state index in [0.29, 0.717) is 11.1 Å². The molecule has 25 heavy (non-hydrogen) atoms. The van der Waals surface area contributed by atoms with Gasteiger partial charge >= 0.3 is 12.6 Å². The number of benzene rings is 1. The van der Waals surface area contributed by atoms with Crippen LogP contribution in [0.2, 0.25) is 0 Å². The number of carbonyl (C=O) groups is 2. The number of nitrogens with two attached hydrogens (primary N) is 1. The van der Waals surface area contributed by atoms with Gasteiger partial charge in [-0.1, -0.05) is 0 Å². The van der Waals surface area contributed by atoms with Gasteiger partial charge in [-0.3, -0.25) is 9.78 Å². The molecule has 0 aliphatic heterocycles. The molecule has 2 rings (SSSR count). The molecular weight excluding hydrogens is 334 g/mol. The number of hydrogen-bond acceptors (Lipinski definition) is 4. The highest BCUT2D eigenvalue weighted by Gasteiger charge is 2.25. The van der Waals surface area contributed by atoms with E-state index in [0.717, 1.165) is 0 Å². The molecule has 4 N–H and O–H groups in total. The highest BCUT2D eigenvalue weighted by atomic mass is 19.3. The van der Waals surface area contributed by atoms with Crippen molar-refractivity contribution in [3.05, 3.63) is 30.5 Å². The molecule has 0 unspecified atom stereocenters. The van der Waals surface area contributed by atoms with Crippen LogP contribution in [0.1, 0.15) is 13.8 Å².